The maximum atomic E-state index is 13.6. The molecule has 2 rings (SSSR count). The van der Waals surface area contributed by atoms with Crippen molar-refractivity contribution >= 4 is 16.7 Å². The highest BCUT2D eigenvalue weighted by Crippen LogP contribution is 2.21. The number of carbonyl (C=O) groups is 1. The summed E-state index contributed by atoms with van der Waals surface area (Å²) >= 11 is 0. The van der Waals surface area contributed by atoms with Crippen LogP contribution < -0.4 is 11.1 Å². The molecule has 1 atom stereocenters. The molecule has 18 heavy (non-hydrogen) atoms. The summed E-state index contributed by atoms with van der Waals surface area (Å²) in [5, 5.41) is 3.83. The van der Waals surface area contributed by atoms with Crippen LogP contribution in [0, 0.1) is 5.82 Å². The number of rotatable bonds is 3. The number of hydrogen-bond donors (Lipinski definition) is 2. The first kappa shape index (κ1) is 12.5. The van der Waals surface area contributed by atoms with Crippen molar-refractivity contribution < 1.29 is 9.18 Å². The van der Waals surface area contributed by atoms with Gasteiger partial charge in [0, 0.05) is 23.5 Å². The highest BCUT2D eigenvalue weighted by molar-refractivity contribution is 6.07. The summed E-state index contributed by atoms with van der Waals surface area (Å²) in [5.74, 6) is -0.557. The van der Waals surface area contributed by atoms with Crippen molar-refractivity contribution in [2.75, 3.05) is 6.54 Å². The molecular formula is C14H15FN2O. The van der Waals surface area contributed by atoms with Crippen molar-refractivity contribution in [2.45, 2.75) is 13.0 Å². The first-order valence-electron chi connectivity index (χ1n) is 5.81. The van der Waals surface area contributed by atoms with E-state index >= 15 is 0 Å². The fourth-order valence-corrected chi connectivity index (χ4v) is 1.82. The molecule has 94 valence electrons. The second kappa shape index (κ2) is 5.14. The number of carbonyl (C=O) groups excluding carboxylic acids is 1. The SMILES string of the molecule is C[C@H](CN)NC(=O)c1ccc(F)c2ccccc12. The molecule has 0 unspecified atom stereocenters. The van der Waals surface area contributed by atoms with Crippen LogP contribution in [0.2, 0.25) is 0 Å². The molecule has 0 aromatic heterocycles. The largest absolute Gasteiger partial charge is 0.348 e. The third-order valence-corrected chi connectivity index (χ3v) is 2.85. The van der Waals surface area contributed by atoms with Crippen molar-refractivity contribution in [1.82, 2.24) is 5.32 Å². The van der Waals surface area contributed by atoms with E-state index in [1.807, 2.05) is 6.92 Å². The van der Waals surface area contributed by atoms with Gasteiger partial charge in [-0.1, -0.05) is 24.3 Å². The lowest BCUT2D eigenvalue weighted by atomic mass is 10.0. The highest BCUT2D eigenvalue weighted by atomic mass is 19.1. The topological polar surface area (TPSA) is 55.1 Å². The zero-order valence-electron chi connectivity index (χ0n) is 10.1. The van der Waals surface area contributed by atoms with E-state index in [4.69, 9.17) is 5.73 Å². The van der Waals surface area contributed by atoms with E-state index in [1.54, 1.807) is 24.3 Å². The molecule has 1 amide bonds. The molecule has 3 nitrogen and oxygen atoms in total. The Labute approximate surface area is 105 Å². The van der Waals surface area contributed by atoms with Gasteiger partial charge in [0.1, 0.15) is 5.82 Å². The van der Waals surface area contributed by atoms with E-state index in [0.29, 0.717) is 22.9 Å². The Morgan fingerprint density at radius 2 is 1.94 bits per heavy atom. The minimum atomic E-state index is -0.325. The molecule has 0 saturated heterocycles. The highest BCUT2D eigenvalue weighted by Gasteiger charge is 2.13. The normalized spacial score (nSPS) is 12.4. The van der Waals surface area contributed by atoms with Gasteiger partial charge >= 0.3 is 0 Å². The fourth-order valence-electron chi connectivity index (χ4n) is 1.82. The van der Waals surface area contributed by atoms with Crippen LogP contribution in [0.1, 0.15) is 17.3 Å². The first-order valence-corrected chi connectivity index (χ1v) is 5.81. The Morgan fingerprint density at radius 3 is 2.61 bits per heavy atom. The van der Waals surface area contributed by atoms with Crippen molar-refractivity contribution in [2.24, 2.45) is 5.73 Å². The summed E-state index contributed by atoms with van der Waals surface area (Å²) in [6, 6.07) is 9.62. The van der Waals surface area contributed by atoms with Crippen molar-refractivity contribution in [3.63, 3.8) is 0 Å². The number of benzene rings is 2. The molecule has 2 aromatic rings. The van der Waals surface area contributed by atoms with Crippen LogP contribution in [0.25, 0.3) is 10.8 Å². The van der Waals surface area contributed by atoms with E-state index in [-0.39, 0.29) is 17.8 Å². The van der Waals surface area contributed by atoms with Gasteiger partial charge in [0.15, 0.2) is 0 Å². The Hall–Kier alpha value is -1.94. The summed E-state index contributed by atoms with van der Waals surface area (Å²) < 4.78 is 13.6. The Kier molecular flexibility index (Phi) is 3.58. The van der Waals surface area contributed by atoms with Gasteiger partial charge in [0.2, 0.25) is 0 Å². The maximum Gasteiger partial charge on any atom is 0.252 e. The van der Waals surface area contributed by atoms with Crippen LogP contribution in [0.15, 0.2) is 36.4 Å². The first-order chi connectivity index (χ1) is 8.63. The molecule has 2 aromatic carbocycles. The van der Waals surface area contributed by atoms with Crippen LogP contribution in [0.3, 0.4) is 0 Å². The Bertz CT molecular complexity index is 583. The third-order valence-electron chi connectivity index (χ3n) is 2.85. The molecule has 0 aliphatic heterocycles. The molecular weight excluding hydrogens is 231 g/mol. The molecule has 3 N–H and O–H groups in total. The van der Waals surface area contributed by atoms with Crippen LogP contribution >= 0.6 is 0 Å². The van der Waals surface area contributed by atoms with Crippen LogP contribution in [-0.2, 0) is 0 Å². The number of nitrogens with two attached hydrogens (primary N) is 1. The van der Waals surface area contributed by atoms with Gasteiger partial charge in [-0.15, -0.1) is 0 Å². The van der Waals surface area contributed by atoms with Gasteiger partial charge in [-0.3, -0.25) is 4.79 Å². The van der Waals surface area contributed by atoms with E-state index in [9.17, 15) is 9.18 Å². The van der Waals surface area contributed by atoms with Gasteiger partial charge in [0.25, 0.3) is 5.91 Å². The Balaban J connectivity index is 2.45. The number of fused-ring (bicyclic) bond motifs is 1. The van der Waals surface area contributed by atoms with Gasteiger partial charge < -0.3 is 11.1 Å². The molecule has 0 radical (unpaired) electrons. The average Bonchev–Trinajstić information content (AvgIpc) is 2.39. The Morgan fingerprint density at radius 1 is 1.28 bits per heavy atom. The van der Waals surface area contributed by atoms with E-state index < -0.39 is 0 Å². The second-order valence-electron chi connectivity index (χ2n) is 4.25. The lowest BCUT2D eigenvalue weighted by Crippen LogP contribution is -2.37. The molecule has 0 spiro atoms. The number of halogens is 1. The minimum absolute atomic E-state index is 0.110. The minimum Gasteiger partial charge on any atom is -0.348 e. The standard InChI is InChI=1S/C14H15FN2O/c1-9(8-16)17-14(18)12-6-7-13(15)11-5-3-2-4-10(11)12/h2-7,9H,8,16H2,1H3,(H,17,18)/t9-/m1/s1. The quantitative estimate of drug-likeness (QED) is 0.871. The lowest BCUT2D eigenvalue weighted by Gasteiger charge is -2.13. The smallest absolute Gasteiger partial charge is 0.252 e. The zero-order chi connectivity index (χ0) is 13.1. The van der Waals surface area contributed by atoms with E-state index in [0.717, 1.165) is 0 Å². The van der Waals surface area contributed by atoms with Crippen LogP contribution in [0.5, 0.6) is 0 Å². The molecule has 0 bridgehead atoms. The molecule has 0 fully saturated rings. The third kappa shape index (κ3) is 2.33. The summed E-state index contributed by atoms with van der Waals surface area (Å²) in [5.41, 5.74) is 5.93. The van der Waals surface area contributed by atoms with Gasteiger partial charge in [-0.25, -0.2) is 4.39 Å². The summed E-state index contributed by atoms with van der Waals surface area (Å²) in [4.78, 5) is 12.1. The van der Waals surface area contributed by atoms with E-state index in [1.165, 1.54) is 12.1 Å². The predicted molar refractivity (Wildman–Crippen MR) is 69.9 cm³/mol. The van der Waals surface area contributed by atoms with Crippen molar-refractivity contribution in [3.8, 4) is 0 Å². The zero-order valence-corrected chi connectivity index (χ0v) is 10.1. The van der Waals surface area contributed by atoms with Crippen LogP contribution in [0.4, 0.5) is 4.39 Å². The molecule has 0 aliphatic rings. The number of nitrogens with one attached hydrogen (secondary N) is 1. The van der Waals surface area contributed by atoms with Gasteiger partial charge in [-0.2, -0.15) is 0 Å². The van der Waals surface area contributed by atoms with Crippen molar-refractivity contribution in [1.29, 1.82) is 0 Å². The average molecular weight is 246 g/mol. The lowest BCUT2D eigenvalue weighted by molar-refractivity contribution is 0.0943. The molecule has 0 saturated carbocycles. The number of hydrogen-bond acceptors (Lipinski definition) is 2. The summed E-state index contributed by atoms with van der Waals surface area (Å²) in [6.45, 7) is 2.19. The fraction of sp³-hybridized carbons (Fsp3) is 0.214. The van der Waals surface area contributed by atoms with Gasteiger partial charge in [-0.05, 0) is 24.4 Å². The van der Waals surface area contributed by atoms with Crippen molar-refractivity contribution in [3.05, 3.63) is 47.8 Å². The molecule has 4 heteroatoms. The summed E-state index contributed by atoms with van der Waals surface area (Å²) in [6.07, 6.45) is 0. The molecule has 0 aliphatic carbocycles. The monoisotopic (exact) mass is 246 g/mol. The molecule has 0 heterocycles. The summed E-state index contributed by atoms with van der Waals surface area (Å²) in [7, 11) is 0. The van der Waals surface area contributed by atoms with E-state index in [2.05, 4.69) is 5.32 Å². The van der Waals surface area contributed by atoms with Crippen LogP contribution in [-0.4, -0.2) is 18.5 Å². The maximum absolute atomic E-state index is 13.6. The number of amides is 1. The predicted octanol–water partition coefficient (Wildman–Crippen LogP) is 2.06. The second-order valence-corrected chi connectivity index (χ2v) is 4.25. The van der Waals surface area contributed by atoms with Gasteiger partial charge in [0.05, 0.1) is 0 Å².